The summed E-state index contributed by atoms with van der Waals surface area (Å²) in [6.45, 7) is 3.99. The average molecular weight is 445 g/mol. The Labute approximate surface area is 192 Å². The van der Waals surface area contributed by atoms with Gasteiger partial charge in [-0.05, 0) is 42.7 Å². The summed E-state index contributed by atoms with van der Waals surface area (Å²) in [4.78, 5) is 15.1. The molecule has 7 heteroatoms. The van der Waals surface area contributed by atoms with E-state index in [2.05, 4.69) is 10.00 Å². The highest BCUT2D eigenvalue weighted by atomic mass is 16.5. The number of nitrogens with zero attached hydrogens (tertiary/aromatic N) is 4. The van der Waals surface area contributed by atoms with Crippen molar-refractivity contribution in [3.63, 3.8) is 0 Å². The Bertz CT molecular complexity index is 1270. The van der Waals surface area contributed by atoms with Crippen molar-refractivity contribution in [3.05, 3.63) is 89.0 Å². The topological polar surface area (TPSA) is 72.5 Å². The van der Waals surface area contributed by atoms with Gasteiger partial charge in [0.05, 0.1) is 24.4 Å². The molecule has 1 saturated heterocycles. The lowest BCUT2D eigenvalue weighted by atomic mass is 10.1. The number of aliphatic hydroxyl groups excluding tert-OH is 1. The van der Waals surface area contributed by atoms with Crippen molar-refractivity contribution >= 4 is 10.9 Å². The van der Waals surface area contributed by atoms with E-state index in [0.717, 1.165) is 61.2 Å². The number of hydrogen-bond donors (Lipinski definition) is 1. The second-order valence-electron chi connectivity index (χ2n) is 8.53. The molecular formula is C26H28N4O3. The molecule has 5 rings (SSSR count). The third-order valence-corrected chi connectivity index (χ3v) is 6.23. The molecule has 0 spiro atoms. The van der Waals surface area contributed by atoms with Crippen LogP contribution in [0.2, 0.25) is 0 Å². The Hall–Kier alpha value is -3.42. The first kappa shape index (κ1) is 21.4. The third-order valence-electron chi connectivity index (χ3n) is 6.23. The van der Waals surface area contributed by atoms with Gasteiger partial charge < -0.3 is 14.7 Å². The number of pyridine rings is 1. The van der Waals surface area contributed by atoms with Crippen LogP contribution in [0.4, 0.5) is 0 Å². The smallest absolute Gasteiger partial charge is 0.258 e. The fourth-order valence-electron chi connectivity index (χ4n) is 4.29. The van der Waals surface area contributed by atoms with E-state index in [1.807, 2.05) is 65.5 Å². The molecule has 0 atom stereocenters. The number of aliphatic hydroxyl groups is 1. The molecule has 2 aromatic heterocycles. The molecule has 1 fully saturated rings. The van der Waals surface area contributed by atoms with Crippen LogP contribution in [0.1, 0.15) is 18.4 Å². The SMILES string of the molecule is O=c1cc(OCc2ccccc2)ccn1-c1ccc2c(cnn2CCN2CCC(O)CC2)c1. The predicted molar refractivity (Wildman–Crippen MR) is 128 cm³/mol. The Kier molecular flexibility index (Phi) is 6.24. The lowest BCUT2D eigenvalue weighted by Gasteiger charge is -2.29. The maximum Gasteiger partial charge on any atom is 0.258 e. The highest BCUT2D eigenvalue weighted by Crippen LogP contribution is 2.19. The van der Waals surface area contributed by atoms with E-state index in [1.165, 1.54) is 6.07 Å². The molecule has 3 heterocycles. The van der Waals surface area contributed by atoms with Gasteiger partial charge in [0.1, 0.15) is 12.4 Å². The van der Waals surface area contributed by atoms with E-state index in [9.17, 15) is 9.90 Å². The van der Waals surface area contributed by atoms with Crippen LogP contribution in [-0.2, 0) is 13.2 Å². The molecule has 4 aromatic rings. The summed E-state index contributed by atoms with van der Waals surface area (Å²) in [6.07, 6.45) is 5.13. The van der Waals surface area contributed by atoms with E-state index in [-0.39, 0.29) is 11.7 Å². The molecule has 33 heavy (non-hydrogen) atoms. The summed E-state index contributed by atoms with van der Waals surface area (Å²) in [6, 6.07) is 19.2. The quantitative estimate of drug-likeness (QED) is 0.474. The largest absolute Gasteiger partial charge is 0.489 e. The number of rotatable bonds is 7. The summed E-state index contributed by atoms with van der Waals surface area (Å²) < 4.78 is 9.40. The van der Waals surface area contributed by atoms with Crippen molar-refractivity contribution in [2.24, 2.45) is 0 Å². The number of ether oxygens (including phenoxy) is 1. The van der Waals surface area contributed by atoms with Crippen molar-refractivity contribution in [2.45, 2.75) is 32.1 Å². The van der Waals surface area contributed by atoms with Gasteiger partial charge in [0, 0.05) is 43.0 Å². The van der Waals surface area contributed by atoms with Crippen LogP contribution in [0.25, 0.3) is 16.6 Å². The third kappa shape index (κ3) is 4.99. The fraction of sp³-hybridized carbons (Fsp3) is 0.308. The van der Waals surface area contributed by atoms with Crippen LogP contribution < -0.4 is 10.3 Å². The maximum atomic E-state index is 12.7. The summed E-state index contributed by atoms with van der Waals surface area (Å²) in [5, 5.41) is 15.2. The van der Waals surface area contributed by atoms with Crippen molar-refractivity contribution in [2.75, 3.05) is 19.6 Å². The summed E-state index contributed by atoms with van der Waals surface area (Å²) in [7, 11) is 0. The van der Waals surface area contributed by atoms with E-state index in [1.54, 1.807) is 10.8 Å². The van der Waals surface area contributed by atoms with Gasteiger partial charge in [-0.3, -0.25) is 14.0 Å². The van der Waals surface area contributed by atoms with Gasteiger partial charge in [-0.25, -0.2) is 0 Å². The second-order valence-corrected chi connectivity index (χ2v) is 8.53. The molecule has 1 aliphatic rings. The molecule has 0 saturated carbocycles. The fourth-order valence-corrected chi connectivity index (χ4v) is 4.29. The summed E-state index contributed by atoms with van der Waals surface area (Å²) >= 11 is 0. The van der Waals surface area contributed by atoms with E-state index >= 15 is 0 Å². The molecule has 0 aliphatic carbocycles. The van der Waals surface area contributed by atoms with Gasteiger partial charge >= 0.3 is 0 Å². The lowest BCUT2D eigenvalue weighted by molar-refractivity contribution is 0.0807. The Morgan fingerprint density at radius 2 is 1.82 bits per heavy atom. The standard InChI is InChI=1S/C26H28N4O3/c31-23-8-11-28(12-9-23)14-15-30-25-7-6-22(16-21(25)18-27-30)29-13-10-24(17-26(29)32)33-19-20-4-2-1-3-5-20/h1-7,10,13,16-18,23,31H,8-9,11-12,14-15,19H2. The van der Waals surface area contributed by atoms with Gasteiger partial charge in [-0.15, -0.1) is 0 Å². The Morgan fingerprint density at radius 1 is 1.00 bits per heavy atom. The molecule has 170 valence electrons. The predicted octanol–water partition coefficient (Wildman–Crippen LogP) is 3.22. The molecule has 2 aromatic carbocycles. The molecule has 7 nitrogen and oxygen atoms in total. The Morgan fingerprint density at radius 3 is 2.61 bits per heavy atom. The van der Waals surface area contributed by atoms with Crippen LogP contribution in [0.3, 0.4) is 0 Å². The van der Waals surface area contributed by atoms with Gasteiger partial charge in [0.15, 0.2) is 0 Å². The number of piperidine rings is 1. The average Bonchev–Trinajstić information content (AvgIpc) is 3.25. The van der Waals surface area contributed by atoms with E-state index in [4.69, 9.17) is 4.74 Å². The van der Waals surface area contributed by atoms with Crippen LogP contribution in [0.15, 0.2) is 77.9 Å². The minimum atomic E-state index is -0.155. The van der Waals surface area contributed by atoms with Crippen molar-refractivity contribution in [1.82, 2.24) is 19.2 Å². The van der Waals surface area contributed by atoms with Gasteiger partial charge in [0.2, 0.25) is 0 Å². The minimum Gasteiger partial charge on any atom is -0.489 e. The molecule has 1 N–H and O–H groups in total. The van der Waals surface area contributed by atoms with Gasteiger partial charge in [-0.1, -0.05) is 30.3 Å². The van der Waals surface area contributed by atoms with E-state index < -0.39 is 0 Å². The van der Waals surface area contributed by atoms with Crippen LogP contribution in [0.5, 0.6) is 5.75 Å². The lowest BCUT2D eigenvalue weighted by Crippen LogP contribution is -2.37. The van der Waals surface area contributed by atoms with Gasteiger partial charge in [0.25, 0.3) is 5.56 Å². The van der Waals surface area contributed by atoms with E-state index in [0.29, 0.717) is 12.4 Å². The summed E-state index contributed by atoms with van der Waals surface area (Å²) in [5.74, 6) is 0.555. The second kappa shape index (κ2) is 9.60. The molecule has 0 bridgehead atoms. The molecule has 0 radical (unpaired) electrons. The highest BCUT2D eigenvalue weighted by molar-refractivity contribution is 5.80. The first-order valence-electron chi connectivity index (χ1n) is 11.4. The molecule has 1 aliphatic heterocycles. The normalized spacial score (nSPS) is 15.2. The monoisotopic (exact) mass is 444 g/mol. The number of benzene rings is 2. The minimum absolute atomic E-state index is 0.139. The first-order chi connectivity index (χ1) is 16.2. The number of aromatic nitrogens is 3. The maximum absolute atomic E-state index is 12.7. The van der Waals surface area contributed by atoms with Crippen molar-refractivity contribution in [1.29, 1.82) is 0 Å². The number of hydrogen-bond acceptors (Lipinski definition) is 5. The first-order valence-corrected chi connectivity index (χ1v) is 11.4. The Balaban J connectivity index is 1.27. The van der Waals surface area contributed by atoms with Crippen LogP contribution >= 0.6 is 0 Å². The number of likely N-dealkylation sites (tertiary alicyclic amines) is 1. The van der Waals surface area contributed by atoms with Crippen LogP contribution in [-0.4, -0.2) is 50.1 Å². The zero-order valence-electron chi connectivity index (χ0n) is 18.5. The number of fused-ring (bicyclic) bond motifs is 1. The molecule has 0 unspecified atom stereocenters. The zero-order chi connectivity index (χ0) is 22.6. The highest BCUT2D eigenvalue weighted by Gasteiger charge is 2.17. The summed E-state index contributed by atoms with van der Waals surface area (Å²) in [5.41, 5.74) is 2.76. The van der Waals surface area contributed by atoms with Crippen LogP contribution in [0, 0.1) is 0 Å². The molecule has 0 amide bonds. The van der Waals surface area contributed by atoms with Crippen molar-refractivity contribution < 1.29 is 9.84 Å². The molecular weight excluding hydrogens is 416 g/mol. The van der Waals surface area contributed by atoms with Gasteiger partial charge in [-0.2, -0.15) is 5.10 Å². The zero-order valence-corrected chi connectivity index (χ0v) is 18.5. The van der Waals surface area contributed by atoms with Crippen molar-refractivity contribution in [3.8, 4) is 11.4 Å².